The van der Waals surface area contributed by atoms with Gasteiger partial charge in [0.2, 0.25) is 5.91 Å². The first-order chi connectivity index (χ1) is 14.9. The van der Waals surface area contributed by atoms with Crippen LogP contribution in [0.4, 0.5) is 17.2 Å². The van der Waals surface area contributed by atoms with Crippen molar-refractivity contribution in [3.63, 3.8) is 0 Å². The summed E-state index contributed by atoms with van der Waals surface area (Å²) in [6.45, 7) is 1.32. The number of nitrogens with two attached hydrogens (primary N) is 1. The van der Waals surface area contributed by atoms with Crippen molar-refractivity contribution >= 4 is 66.5 Å². The first kappa shape index (κ1) is 20.6. The molecule has 3 aromatic heterocycles. The van der Waals surface area contributed by atoms with Gasteiger partial charge in [0.25, 0.3) is 5.91 Å². The highest BCUT2D eigenvalue weighted by Crippen LogP contribution is 2.43. The van der Waals surface area contributed by atoms with Gasteiger partial charge >= 0.3 is 0 Å². The van der Waals surface area contributed by atoms with E-state index < -0.39 is 5.91 Å². The van der Waals surface area contributed by atoms with Crippen LogP contribution < -0.4 is 16.4 Å². The number of fused-ring (bicyclic) bond motifs is 1. The molecule has 4 N–H and O–H groups in total. The molecule has 0 bridgehead atoms. The number of aromatic nitrogens is 1. The van der Waals surface area contributed by atoms with Gasteiger partial charge in [-0.1, -0.05) is 15.9 Å². The Hall–Kier alpha value is -3.68. The van der Waals surface area contributed by atoms with Crippen molar-refractivity contribution in [3.8, 4) is 17.4 Å². The standard InChI is InChI=1S/C21H14BrN5O3S/c1-10(28)25-19-13(9-23)15(14-3-2-8-30-14)16-17(24)18(31-21(16)27-19)20(29)26-12-6-4-11(22)5-7-12/h2-8H,24H2,1H3,(H,26,29)(H,25,27,28). The van der Waals surface area contributed by atoms with E-state index in [0.717, 1.165) is 15.8 Å². The number of nitriles is 1. The Kier molecular flexibility index (Phi) is 5.46. The van der Waals surface area contributed by atoms with Gasteiger partial charge in [-0.2, -0.15) is 5.26 Å². The van der Waals surface area contributed by atoms with E-state index in [-0.39, 0.29) is 27.9 Å². The number of hydrogen-bond acceptors (Lipinski definition) is 7. The minimum atomic E-state index is -0.409. The number of furan rings is 1. The maximum atomic E-state index is 12.9. The zero-order chi connectivity index (χ0) is 22.1. The maximum absolute atomic E-state index is 12.9. The molecule has 0 radical (unpaired) electrons. The fraction of sp³-hybridized carbons (Fsp3) is 0.0476. The van der Waals surface area contributed by atoms with Gasteiger partial charge in [-0.25, -0.2) is 4.98 Å². The molecule has 0 saturated heterocycles. The fourth-order valence-corrected chi connectivity index (χ4v) is 4.34. The van der Waals surface area contributed by atoms with Crippen molar-refractivity contribution in [2.75, 3.05) is 16.4 Å². The van der Waals surface area contributed by atoms with E-state index in [9.17, 15) is 14.9 Å². The first-order valence-electron chi connectivity index (χ1n) is 8.93. The zero-order valence-electron chi connectivity index (χ0n) is 16.0. The Balaban J connectivity index is 1.90. The summed E-state index contributed by atoms with van der Waals surface area (Å²) in [7, 11) is 0. The second-order valence-corrected chi connectivity index (χ2v) is 8.38. The Morgan fingerprint density at radius 1 is 1.23 bits per heavy atom. The summed E-state index contributed by atoms with van der Waals surface area (Å²) >= 11 is 4.42. The molecule has 31 heavy (non-hydrogen) atoms. The number of nitrogen functional groups attached to an aromatic ring is 1. The molecule has 0 atom stereocenters. The van der Waals surface area contributed by atoms with Crippen LogP contribution in [0.25, 0.3) is 21.5 Å². The molecular weight excluding hydrogens is 482 g/mol. The van der Waals surface area contributed by atoms with Crippen molar-refractivity contribution in [3.05, 3.63) is 57.6 Å². The number of carbonyl (C=O) groups excluding carboxylic acids is 2. The number of nitrogens with one attached hydrogen (secondary N) is 2. The molecule has 0 fully saturated rings. The average molecular weight is 496 g/mol. The third kappa shape index (κ3) is 3.88. The number of halogens is 1. The lowest BCUT2D eigenvalue weighted by molar-refractivity contribution is -0.114. The van der Waals surface area contributed by atoms with Gasteiger partial charge in [0.05, 0.1) is 17.5 Å². The number of carbonyl (C=O) groups is 2. The molecule has 154 valence electrons. The van der Waals surface area contributed by atoms with Crippen LogP contribution in [0, 0.1) is 11.3 Å². The van der Waals surface area contributed by atoms with E-state index in [1.54, 1.807) is 36.4 Å². The van der Waals surface area contributed by atoms with Crippen LogP contribution in [0.3, 0.4) is 0 Å². The van der Waals surface area contributed by atoms with E-state index in [1.165, 1.54) is 13.2 Å². The molecule has 0 unspecified atom stereocenters. The minimum absolute atomic E-state index is 0.0787. The number of benzene rings is 1. The molecule has 0 spiro atoms. The molecule has 1 aromatic carbocycles. The van der Waals surface area contributed by atoms with Gasteiger partial charge in [0, 0.05) is 22.5 Å². The molecule has 4 rings (SSSR count). The number of thiophene rings is 1. The van der Waals surface area contributed by atoms with Gasteiger partial charge in [0.15, 0.2) is 5.82 Å². The Morgan fingerprint density at radius 2 is 1.97 bits per heavy atom. The zero-order valence-corrected chi connectivity index (χ0v) is 18.4. The van der Waals surface area contributed by atoms with E-state index in [2.05, 4.69) is 37.6 Å². The number of rotatable bonds is 4. The number of anilines is 3. The molecule has 8 nitrogen and oxygen atoms in total. The highest BCUT2D eigenvalue weighted by atomic mass is 79.9. The maximum Gasteiger partial charge on any atom is 0.267 e. The molecule has 2 amide bonds. The number of nitrogens with zero attached hydrogens (tertiary/aromatic N) is 2. The molecule has 0 saturated carbocycles. The summed E-state index contributed by atoms with van der Waals surface area (Å²) in [4.78, 5) is 29.6. The van der Waals surface area contributed by atoms with E-state index in [4.69, 9.17) is 10.2 Å². The van der Waals surface area contributed by atoms with E-state index in [1.807, 2.05) is 0 Å². The lowest BCUT2D eigenvalue weighted by Gasteiger charge is -2.10. The molecule has 3 heterocycles. The summed E-state index contributed by atoms with van der Waals surface area (Å²) < 4.78 is 6.40. The second kappa shape index (κ2) is 8.22. The van der Waals surface area contributed by atoms with E-state index in [0.29, 0.717) is 27.2 Å². The van der Waals surface area contributed by atoms with Gasteiger partial charge in [-0.3, -0.25) is 9.59 Å². The van der Waals surface area contributed by atoms with Crippen LogP contribution in [-0.4, -0.2) is 16.8 Å². The van der Waals surface area contributed by atoms with Crippen molar-refractivity contribution in [1.82, 2.24) is 4.98 Å². The average Bonchev–Trinajstić information content (AvgIpc) is 3.37. The SMILES string of the molecule is CC(=O)Nc1nc2sc(C(=O)Nc3ccc(Br)cc3)c(N)c2c(-c2ccco2)c1C#N. The second-order valence-electron chi connectivity index (χ2n) is 6.47. The first-order valence-corrected chi connectivity index (χ1v) is 10.5. The summed E-state index contributed by atoms with van der Waals surface area (Å²) in [6.07, 6.45) is 1.46. The van der Waals surface area contributed by atoms with Crippen LogP contribution >= 0.6 is 27.3 Å². The quantitative estimate of drug-likeness (QED) is 0.365. The Morgan fingerprint density at radius 3 is 2.58 bits per heavy atom. The fourth-order valence-electron chi connectivity index (χ4n) is 3.08. The summed E-state index contributed by atoms with van der Waals surface area (Å²) in [5, 5.41) is 15.6. The van der Waals surface area contributed by atoms with Crippen LogP contribution in [0.2, 0.25) is 0 Å². The van der Waals surface area contributed by atoms with Crippen LogP contribution in [0.1, 0.15) is 22.2 Å². The molecular formula is C21H14BrN5O3S. The smallest absolute Gasteiger partial charge is 0.267 e. The Bertz CT molecular complexity index is 1350. The molecule has 0 aliphatic carbocycles. The van der Waals surface area contributed by atoms with Crippen molar-refractivity contribution in [2.45, 2.75) is 6.92 Å². The normalized spacial score (nSPS) is 10.6. The lowest BCUT2D eigenvalue weighted by Crippen LogP contribution is -2.12. The van der Waals surface area contributed by atoms with Crippen molar-refractivity contribution in [1.29, 1.82) is 5.26 Å². The third-order valence-corrected chi connectivity index (χ3v) is 5.99. The highest BCUT2D eigenvalue weighted by Gasteiger charge is 2.26. The van der Waals surface area contributed by atoms with E-state index >= 15 is 0 Å². The molecule has 10 heteroatoms. The highest BCUT2D eigenvalue weighted by molar-refractivity contribution is 9.10. The molecule has 4 aromatic rings. The number of amides is 2. The van der Waals surface area contributed by atoms with Crippen molar-refractivity contribution < 1.29 is 14.0 Å². The van der Waals surface area contributed by atoms with Gasteiger partial charge in [0.1, 0.15) is 27.1 Å². The lowest BCUT2D eigenvalue weighted by atomic mass is 10.0. The van der Waals surface area contributed by atoms with Gasteiger partial charge < -0.3 is 20.8 Å². The summed E-state index contributed by atoms with van der Waals surface area (Å²) in [5.41, 5.74) is 7.61. The molecule has 0 aliphatic rings. The summed E-state index contributed by atoms with van der Waals surface area (Å²) in [6, 6.07) is 12.5. The number of hydrogen-bond donors (Lipinski definition) is 3. The minimum Gasteiger partial charge on any atom is -0.464 e. The van der Waals surface area contributed by atoms with Crippen LogP contribution in [0.15, 0.2) is 51.6 Å². The Labute approximate surface area is 188 Å². The van der Waals surface area contributed by atoms with Crippen molar-refractivity contribution in [2.24, 2.45) is 0 Å². The topological polar surface area (TPSA) is 134 Å². The van der Waals surface area contributed by atoms with Gasteiger partial charge in [-0.05, 0) is 36.4 Å². The predicted molar refractivity (Wildman–Crippen MR) is 123 cm³/mol. The predicted octanol–water partition coefficient (Wildman–Crippen LogP) is 4.98. The third-order valence-electron chi connectivity index (χ3n) is 4.36. The summed E-state index contributed by atoms with van der Waals surface area (Å²) in [5.74, 6) is -0.339. The molecule has 0 aliphatic heterocycles. The van der Waals surface area contributed by atoms with Gasteiger partial charge in [-0.15, -0.1) is 11.3 Å². The largest absolute Gasteiger partial charge is 0.464 e. The number of pyridine rings is 1. The van der Waals surface area contributed by atoms with Crippen LogP contribution in [0.5, 0.6) is 0 Å². The van der Waals surface area contributed by atoms with Crippen LogP contribution in [-0.2, 0) is 4.79 Å². The monoisotopic (exact) mass is 495 g/mol.